The van der Waals surface area contributed by atoms with Crippen LogP contribution in [0.5, 0.6) is 5.75 Å². The van der Waals surface area contributed by atoms with Crippen molar-refractivity contribution in [3.8, 4) is 5.75 Å². The van der Waals surface area contributed by atoms with Crippen molar-refractivity contribution in [1.29, 1.82) is 0 Å². The molecule has 2 atom stereocenters. The molecule has 1 heterocycles. The highest BCUT2D eigenvalue weighted by atomic mass is 16.5. The molecule has 1 aliphatic heterocycles. The standard InChI is InChI=1S/C15H19NO5/c1-10(15(18)19)16-14(17)11-4-6-12(7-5-11)21-9-13-3-2-8-20-13/h4-7,10,13H,2-3,8-9H2,1H3,(H,16,17)(H,18,19)/t10-,13-/m0/s1. The van der Waals surface area contributed by atoms with Crippen LogP contribution in [0.1, 0.15) is 30.1 Å². The normalized spacial score (nSPS) is 19.0. The first-order valence-electron chi connectivity index (χ1n) is 6.94. The van der Waals surface area contributed by atoms with E-state index in [0.29, 0.717) is 17.9 Å². The molecule has 1 aromatic rings. The number of nitrogens with one attached hydrogen (secondary N) is 1. The monoisotopic (exact) mass is 293 g/mol. The van der Waals surface area contributed by atoms with Crippen molar-refractivity contribution in [2.45, 2.75) is 31.9 Å². The highest BCUT2D eigenvalue weighted by Crippen LogP contribution is 2.16. The summed E-state index contributed by atoms with van der Waals surface area (Å²) in [5.74, 6) is -0.830. The average Bonchev–Trinajstić information content (AvgIpc) is 2.98. The summed E-state index contributed by atoms with van der Waals surface area (Å²) in [4.78, 5) is 22.5. The van der Waals surface area contributed by atoms with Crippen LogP contribution in [-0.4, -0.2) is 42.3 Å². The third-order valence-electron chi connectivity index (χ3n) is 3.29. The van der Waals surface area contributed by atoms with Gasteiger partial charge in [0.15, 0.2) is 0 Å². The largest absolute Gasteiger partial charge is 0.491 e. The Labute approximate surface area is 123 Å². The average molecular weight is 293 g/mol. The zero-order chi connectivity index (χ0) is 15.2. The summed E-state index contributed by atoms with van der Waals surface area (Å²) in [6.07, 6.45) is 2.21. The van der Waals surface area contributed by atoms with Crippen molar-refractivity contribution in [2.24, 2.45) is 0 Å². The minimum atomic E-state index is -1.07. The lowest BCUT2D eigenvalue weighted by atomic mass is 10.2. The topological polar surface area (TPSA) is 84.9 Å². The number of carboxylic acids is 1. The van der Waals surface area contributed by atoms with Crippen molar-refractivity contribution in [3.63, 3.8) is 0 Å². The fraction of sp³-hybridized carbons (Fsp3) is 0.467. The Morgan fingerprint density at radius 2 is 2.14 bits per heavy atom. The first-order chi connectivity index (χ1) is 10.1. The predicted molar refractivity (Wildman–Crippen MR) is 75.5 cm³/mol. The number of rotatable bonds is 6. The van der Waals surface area contributed by atoms with Gasteiger partial charge in [0.25, 0.3) is 5.91 Å². The Morgan fingerprint density at radius 3 is 2.71 bits per heavy atom. The van der Waals surface area contributed by atoms with Gasteiger partial charge in [-0.05, 0) is 44.0 Å². The number of benzene rings is 1. The van der Waals surface area contributed by atoms with Crippen LogP contribution in [0.15, 0.2) is 24.3 Å². The number of carboxylic acid groups (broad SMARTS) is 1. The van der Waals surface area contributed by atoms with E-state index in [1.807, 2.05) is 0 Å². The van der Waals surface area contributed by atoms with E-state index < -0.39 is 17.9 Å². The van der Waals surface area contributed by atoms with E-state index in [1.165, 1.54) is 6.92 Å². The minimum absolute atomic E-state index is 0.143. The highest BCUT2D eigenvalue weighted by molar-refractivity contribution is 5.96. The smallest absolute Gasteiger partial charge is 0.325 e. The molecule has 0 radical (unpaired) electrons. The van der Waals surface area contributed by atoms with Gasteiger partial charge >= 0.3 is 5.97 Å². The maximum atomic E-state index is 11.8. The second-order valence-corrected chi connectivity index (χ2v) is 5.00. The first-order valence-corrected chi connectivity index (χ1v) is 6.94. The molecule has 2 N–H and O–H groups in total. The summed E-state index contributed by atoms with van der Waals surface area (Å²) >= 11 is 0. The zero-order valence-corrected chi connectivity index (χ0v) is 11.9. The van der Waals surface area contributed by atoms with E-state index in [-0.39, 0.29) is 6.10 Å². The lowest BCUT2D eigenvalue weighted by Gasteiger charge is -2.12. The van der Waals surface area contributed by atoms with Crippen LogP contribution in [0, 0.1) is 0 Å². The van der Waals surface area contributed by atoms with Gasteiger partial charge in [-0.1, -0.05) is 0 Å². The van der Waals surface area contributed by atoms with Crippen molar-refractivity contribution in [1.82, 2.24) is 5.32 Å². The van der Waals surface area contributed by atoms with E-state index in [9.17, 15) is 9.59 Å². The van der Waals surface area contributed by atoms with E-state index in [0.717, 1.165) is 19.4 Å². The highest BCUT2D eigenvalue weighted by Gasteiger charge is 2.17. The third-order valence-corrected chi connectivity index (χ3v) is 3.29. The number of aliphatic carboxylic acids is 1. The molecule has 1 saturated heterocycles. The van der Waals surface area contributed by atoms with E-state index >= 15 is 0 Å². The van der Waals surface area contributed by atoms with Crippen molar-refractivity contribution < 1.29 is 24.2 Å². The van der Waals surface area contributed by atoms with Gasteiger partial charge in [-0.2, -0.15) is 0 Å². The van der Waals surface area contributed by atoms with Gasteiger partial charge in [0.2, 0.25) is 0 Å². The predicted octanol–water partition coefficient (Wildman–Crippen LogP) is 1.45. The molecular weight excluding hydrogens is 274 g/mol. The second kappa shape index (κ2) is 7.08. The molecule has 1 amide bonds. The van der Waals surface area contributed by atoms with E-state index in [4.69, 9.17) is 14.6 Å². The molecule has 6 nitrogen and oxygen atoms in total. The molecule has 114 valence electrons. The molecule has 0 aliphatic carbocycles. The van der Waals surface area contributed by atoms with Gasteiger partial charge in [-0.3, -0.25) is 9.59 Å². The molecule has 0 aromatic heterocycles. The summed E-state index contributed by atoms with van der Waals surface area (Å²) in [5.41, 5.74) is 0.396. The fourth-order valence-corrected chi connectivity index (χ4v) is 2.01. The summed E-state index contributed by atoms with van der Waals surface area (Å²) in [6.45, 7) is 2.70. The quantitative estimate of drug-likeness (QED) is 0.829. The van der Waals surface area contributed by atoms with Gasteiger partial charge in [-0.25, -0.2) is 0 Å². The van der Waals surface area contributed by atoms with Crippen LogP contribution in [-0.2, 0) is 9.53 Å². The summed E-state index contributed by atoms with van der Waals surface area (Å²) in [5, 5.41) is 11.1. The molecule has 0 unspecified atom stereocenters. The van der Waals surface area contributed by atoms with Gasteiger partial charge in [0.1, 0.15) is 18.4 Å². The maximum absolute atomic E-state index is 11.8. The van der Waals surface area contributed by atoms with Gasteiger partial charge < -0.3 is 19.9 Å². The van der Waals surface area contributed by atoms with Crippen molar-refractivity contribution >= 4 is 11.9 Å². The number of ether oxygens (including phenoxy) is 2. The zero-order valence-electron chi connectivity index (χ0n) is 11.9. The third kappa shape index (κ3) is 4.46. The van der Waals surface area contributed by atoms with Crippen LogP contribution >= 0.6 is 0 Å². The summed E-state index contributed by atoms with van der Waals surface area (Å²) in [6, 6.07) is 5.67. The molecule has 6 heteroatoms. The van der Waals surface area contributed by atoms with Gasteiger partial charge in [0.05, 0.1) is 6.10 Å². The molecule has 1 aromatic carbocycles. The van der Waals surface area contributed by atoms with Crippen molar-refractivity contribution in [3.05, 3.63) is 29.8 Å². The number of carbonyl (C=O) groups excluding carboxylic acids is 1. The Kier molecular flexibility index (Phi) is 5.16. The summed E-state index contributed by atoms with van der Waals surface area (Å²) in [7, 11) is 0. The number of hydrogen-bond acceptors (Lipinski definition) is 4. The van der Waals surface area contributed by atoms with Gasteiger partial charge in [-0.15, -0.1) is 0 Å². The number of amides is 1. The minimum Gasteiger partial charge on any atom is -0.491 e. The van der Waals surface area contributed by atoms with Crippen LogP contribution in [0.25, 0.3) is 0 Å². The number of hydrogen-bond donors (Lipinski definition) is 2. The molecule has 0 bridgehead atoms. The Hall–Kier alpha value is -2.08. The molecule has 0 spiro atoms. The van der Waals surface area contributed by atoms with Crippen molar-refractivity contribution in [2.75, 3.05) is 13.2 Å². The lowest BCUT2D eigenvalue weighted by molar-refractivity contribution is -0.138. The SMILES string of the molecule is C[C@H](NC(=O)c1ccc(OC[C@@H]2CCCO2)cc1)C(=O)O. The van der Waals surface area contributed by atoms with Crippen LogP contribution < -0.4 is 10.1 Å². The lowest BCUT2D eigenvalue weighted by Crippen LogP contribution is -2.38. The van der Waals surface area contributed by atoms with Gasteiger partial charge in [0, 0.05) is 12.2 Å². The first kappa shape index (κ1) is 15.3. The molecular formula is C15H19NO5. The van der Waals surface area contributed by atoms with E-state index in [2.05, 4.69) is 5.32 Å². The Morgan fingerprint density at radius 1 is 1.43 bits per heavy atom. The molecule has 2 rings (SSSR count). The maximum Gasteiger partial charge on any atom is 0.325 e. The fourth-order valence-electron chi connectivity index (χ4n) is 2.01. The number of carbonyl (C=O) groups is 2. The summed E-state index contributed by atoms with van der Waals surface area (Å²) < 4.78 is 11.1. The molecule has 1 fully saturated rings. The van der Waals surface area contributed by atoms with E-state index in [1.54, 1.807) is 24.3 Å². The molecule has 0 saturated carbocycles. The molecule has 21 heavy (non-hydrogen) atoms. The second-order valence-electron chi connectivity index (χ2n) is 5.00. The van der Waals surface area contributed by atoms with Crippen LogP contribution in [0.2, 0.25) is 0 Å². The Bertz CT molecular complexity index is 493. The Balaban J connectivity index is 1.85. The van der Waals surface area contributed by atoms with Crippen LogP contribution in [0.3, 0.4) is 0 Å². The molecule has 1 aliphatic rings. The van der Waals surface area contributed by atoms with Crippen LogP contribution in [0.4, 0.5) is 0 Å².